The second-order valence-corrected chi connectivity index (χ2v) is 9.67. The molecule has 178 valence electrons. The third kappa shape index (κ3) is 6.30. The molecule has 0 saturated heterocycles. The molecule has 0 saturated carbocycles. The fraction of sp³-hybridized carbons (Fsp3) is 0.120. The lowest BCUT2D eigenvalue weighted by Gasteiger charge is -2.11. The quantitative estimate of drug-likeness (QED) is 0.160. The molecule has 35 heavy (non-hydrogen) atoms. The molecule has 0 aliphatic heterocycles. The molecule has 7 nitrogen and oxygen atoms in total. The summed E-state index contributed by atoms with van der Waals surface area (Å²) in [5, 5.41) is 14.2. The normalized spacial score (nSPS) is 11.4. The van der Waals surface area contributed by atoms with Gasteiger partial charge in [0.15, 0.2) is 11.0 Å². The van der Waals surface area contributed by atoms with E-state index < -0.39 is 0 Å². The van der Waals surface area contributed by atoms with Crippen LogP contribution in [0.1, 0.15) is 12.5 Å². The highest BCUT2D eigenvalue weighted by Crippen LogP contribution is 2.29. The number of nitrogens with zero attached hydrogens (tertiary/aromatic N) is 4. The predicted molar refractivity (Wildman–Crippen MR) is 144 cm³/mol. The van der Waals surface area contributed by atoms with E-state index in [-0.39, 0.29) is 11.7 Å². The van der Waals surface area contributed by atoms with Gasteiger partial charge in [0, 0.05) is 20.7 Å². The van der Waals surface area contributed by atoms with Crippen molar-refractivity contribution in [3.05, 3.63) is 87.9 Å². The van der Waals surface area contributed by atoms with Crippen molar-refractivity contribution in [3.8, 4) is 22.8 Å². The largest absolute Gasteiger partial charge is 0.497 e. The lowest BCUT2D eigenvalue weighted by Crippen LogP contribution is -2.21. The van der Waals surface area contributed by atoms with Gasteiger partial charge >= 0.3 is 0 Å². The number of nitrogens with one attached hydrogen (secondary N) is 1. The van der Waals surface area contributed by atoms with E-state index in [1.807, 2.05) is 72.2 Å². The molecule has 1 N–H and O–H groups in total. The molecule has 0 bridgehead atoms. The average molecular weight is 571 g/mol. The van der Waals surface area contributed by atoms with Crippen molar-refractivity contribution in [1.29, 1.82) is 0 Å². The number of carbonyl (C=O) groups is 1. The van der Waals surface area contributed by atoms with Crippen molar-refractivity contribution >= 4 is 50.9 Å². The number of methoxy groups -OCH3 is 1. The molecule has 10 heteroatoms. The van der Waals surface area contributed by atoms with E-state index in [0.717, 1.165) is 27.0 Å². The van der Waals surface area contributed by atoms with Crippen molar-refractivity contribution in [2.45, 2.75) is 12.1 Å². The van der Waals surface area contributed by atoms with Gasteiger partial charge in [0.2, 0.25) is 0 Å². The van der Waals surface area contributed by atoms with E-state index in [4.69, 9.17) is 16.3 Å². The molecule has 0 spiro atoms. The van der Waals surface area contributed by atoms with E-state index in [9.17, 15) is 4.79 Å². The molecule has 0 fully saturated rings. The molecule has 4 aromatic rings. The second kappa shape index (κ2) is 11.5. The number of hydrogen-bond acceptors (Lipinski definition) is 6. The van der Waals surface area contributed by atoms with Gasteiger partial charge in [-0.05, 0) is 73.2 Å². The summed E-state index contributed by atoms with van der Waals surface area (Å²) in [6.07, 6.45) is 0. The molecule has 0 aliphatic rings. The fourth-order valence-corrected chi connectivity index (χ4v) is 4.31. The molecule has 0 aliphatic carbocycles. The predicted octanol–water partition coefficient (Wildman–Crippen LogP) is 5.99. The van der Waals surface area contributed by atoms with E-state index in [0.29, 0.717) is 21.7 Å². The van der Waals surface area contributed by atoms with Crippen molar-refractivity contribution in [2.24, 2.45) is 5.10 Å². The van der Waals surface area contributed by atoms with Gasteiger partial charge in [0.25, 0.3) is 5.91 Å². The Morgan fingerprint density at radius 2 is 1.74 bits per heavy atom. The summed E-state index contributed by atoms with van der Waals surface area (Å²) in [6, 6.07) is 22.6. The number of ether oxygens (including phenoxy) is 1. The molecule has 4 rings (SSSR count). The van der Waals surface area contributed by atoms with Crippen LogP contribution in [0.5, 0.6) is 5.75 Å². The van der Waals surface area contributed by atoms with E-state index in [2.05, 4.69) is 36.7 Å². The van der Waals surface area contributed by atoms with Crippen molar-refractivity contribution in [2.75, 3.05) is 12.9 Å². The van der Waals surface area contributed by atoms with E-state index in [1.54, 1.807) is 19.2 Å². The zero-order valence-corrected chi connectivity index (χ0v) is 22.1. The number of benzene rings is 3. The van der Waals surface area contributed by atoms with Gasteiger partial charge in [-0.2, -0.15) is 5.10 Å². The van der Waals surface area contributed by atoms with Crippen LogP contribution in [-0.4, -0.2) is 39.2 Å². The second-order valence-electron chi connectivity index (χ2n) is 7.37. The topological polar surface area (TPSA) is 81.4 Å². The number of thioether (sulfide) groups is 1. The van der Waals surface area contributed by atoms with E-state index in [1.165, 1.54) is 11.8 Å². The molecule has 0 unspecified atom stereocenters. The number of hydrazone groups is 1. The molecule has 0 atom stereocenters. The summed E-state index contributed by atoms with van der Waals surface area (Å²) < 4.78 is 8.13. The summed E-state index contributed by atoms with van der Waals surface area (Å²) >= 11 is 10.8. The van der Waals surface area contributed by atoms with Crippen LogP contribution >= 0.6 is 39.3 Å². The van der Waals surface area contributed by atoms with Crippen LogP contribution in [0.15, 0.2) is 87.5 Å². The van der Waals surface area contributed by atoms with Crippen LogP contribution < -0.4 is 10.2 Å². The highest BCUT2D eigenvalue weighted by molar-refractivity contribution is 9.10. The molecular formula is C25H21BrClN5O2S. The number of amides is 1. The number of carbonyl (C=O) groups excluding carboxylic acids is 1. The van der Waals surface area contributed by atoms with Crippen LogP contribution in [0.25, 0.3) is 17.1 Å². The Morgan fingerprint density at radius 1 is 1.06 bits per heavy atom. The summed E-state index contributed by atoms with van der Waals surface area (Å²) in [6.45, 7) is 1.84. The highest BCUT2D eigenvalue weighted by atomic mass is 79.9. The first-order chi connectivity index (χ1) is 16.9. The first kappa shape index (κ1) is 25.0. The Labute approximate surface area is 220 Å². The first-order valence-electron chi connectivity index (χ1n) is 10.5. The molecule has 1 heterocycles. The highest BCUT2D eigenvalue weighted by Gasteiger charge is 2.17. The minimum atomic E-state index is -0.247. The van der Waals surface area contributed by atoms with Gasteiger partial charge in [-0.25, -0.2) is 5.43 Å². The fourth-order valence-electron chi connectivity index (χ4n) is 3.18. The standard InChI is InChI=1S/C25H21BrClN5O2S/c1-16(17-3-7-19(26)8-4-17)28-29-23(33)15-35-25-31-30-24(18-5-13-22(34-2)14-6-18)32(25)21-11-9-20(27)10-12-21/h3-14H,15H2,1-2H3,(H,29,33). The molecule has 0 radical (unpaired) electrons. The Kier molecular flexibility index (Phi) is 8.22. The Hall–Kier alpha value is -3.14. The van der Waals surface area contributed by atoms with Gasteiger partial charge in [-0.3, -0.25) is 9.36 Å². The lowest BCUT2D eigenvalue weighted by atomic mass is 10.1. The van der Waals surface area contributed by atoms with Crippen LogP contribution in [0.2, 0.25) is 5.02 Å². The van der Waals surface area contributed by atoms with Crippen molar-refractivity contribution in [3.63, 3.8) is 0 Å². The van der Waals surface area contributed by atoms with Crippen LogP contribution in [-0.2, 0) is 4.79 Å². The smallest absolute Gasteiger partial charge is 0.250 e. The SMILES string of the molecule is COc1ccc(-c2nnc(SCC(=O)NN=C(C)c3ccc(Br)cc3)n2-c2ccc(Cl)cc2)cc1. The number of hydrogen-bond donors (Lipinski definition) is 1. The summed E-state index contributed by atoms with van der Waals surface area (Å²) in [5.74, 6) is 1.26. The van der Waals surface area contributed by atoms with Gasteiger partial charge in [-0.1, -0.05) is 51.4 Å². The summed E-state index contributed by atoms with van der Waals surface area (Å²) in [7, 11) is 1.62. The number of rotatable bonds is 8. The molecule has 1 amide bonds. The van der Waals surface area contributed by atoms with Crippen molar-refractivity contribution in [1.82, 2.24) is 20.2 Å². The minimum absolute atomic E-state index is 0.117. The first-order valence-corrected chi connectivity index (χ1v) is 12.7. The Balaban J connectivity index is 1.53. The molecule has 1 aromatic heterocycles. The zero-order chi connectivity index (χ0) is 24.8. The third-order valence-corrected chi connectivity index (χ3v) is 6.72. The van der Waals surface area contributed by atoms with Crippen LogP contribution in [0, 0.1) is 0 Å². The maximum atomic E-state index is 12.5. The summed E-state index contributed by atoms with van der Waals surface area (Å²) in [4.78, 5) is 12.5. The maximum Gasteiger partial charge on any atom is 0.250 e. The Bertz CT molecular complexity index is 1340. The van der Waals surface area contributed by atoms with Gasteiger partial charge in [-0.15, -0.1) is 10.2 Å². The molecular weight excluding hydrogens is 550 g/mol. The molecule has 3 aromatic carbocycles. The third-order valence-electron chi connectivity index (χ3n) is 5.01. The maximum absolute atomic E-state index is 12.5. The van der Waals surface area contributed by atoms with Gasteiger partial charge in [0.1, 0.15) is 5.75 Å². The number of aromatic nitrogens is 3. The average Bonchev–Trinajstić information content (AvgIpc) is 3.31. The van der Waals surface area contributed by atoms with E-state index >= 15 is 0 Å². The Morgan fingerprint density at radius 3 is 2.40 bits per heavy atom. The van der Waals surface area contributed by atoms with Gasteiger partial charge < -0.3 is 4.74 Å². The lowest BCUT2D eigenvalue weighted by molar-refractivity contribution is -0.118. The zero-order valence-electron chi connectivity index (χ0n) is 18.9. The van der Waals surface area contributed by atoms with Gasteiger partial charge in [0.05, 0.1) is 18.6 Å². The van der Waals surface area contributed by atoms with Crippen LogP contribution in [0.4, 0.5) is 0 Å². The monoisotopic (exact) mass is 569 g/mol. The van der Waals surface area contributed by atoms with Crippen LogP contribution in [0.3, 0.4) is 0 Å². The van der Waals surface area contributed by atoms with Crippen molar-refractivity contribution < 1.29 is 9.53 Å². The summed E-state index contributed by atoms with van der Waals surface area (Å²) in [5.41, 5.74) is 5.94. The minimum Gasteiger partial charge on any atom is -0.497 e. The number of halogens is 2.